The summed E-state index contributed by atoms with van der Waals surface area (Å²) in [6.07, 6.45) is 2.61. The van der Waals surface area contributed by atoms with Crippen LogP contribution in [0.15, 0.2) is 27.6 Å². The molecule has 78 valence electrons. The standard InChI is InChI=1S/C11H16O3/c1-8(9(2)12)3-4-11-7-10(13)5-6-14-11/h5-9,12H,3-4H2,1-2H3/t8-,9+/m0/s1. The summed E-state index contributed by atoms with van der Waals surface area (Å²) in [5, 5.41) is 9.26. The molecule has 0 unspecified atom stereocenters. The van der Waals surface area contributed by atoms with Crippen molar-refractivity contribution >= 4 is 0 Å². The van der Waals surface area contributed by atoms with E-state index in [-0.39, 0.29) is 17.5 Å². The normalized spacial score (nSPS) is 15.1. The topological polar surface area (TPSA) is 50.4 Å². The van der Waals surface area contributed by atoms with E-state index < -0.39 is 0 Å². The minimum Gasteiger partial charge on any atom is -0.469 e. The molecule has 0 aliphatic carbocycles. The van der Waals surface area contributed by atoms with Crippen LogP contribution in [0, 0.1) is 5.92 Å². The largest absolute Gasteiger partial charge is 0.469 e. The summed E-state index contributed by atoms with van der Waals surface area (Å²) in [5.74, 6) is 0.908. The highest BCUT2D eigenvalue weighted by Gasteiger charge is 2.09. The highest BCUT2D eigenvalue weighted by molar-refractivity contribution is 4.99. The van der Waals surface area contributed by atoms with E-state index in [1.165, 1.54) is 18.4 Å². The van der Waals surface area contributed by atoms with Gasteiger partial charge in [-0.3, -0.25) is 4.79 Å². The van der Waals surface area contributed by atoms with Gasteiger partial charge in [0, 0.05) is 18.6 Å². The van der Waals surface area contributed by atoms with Gasteiger partial charge in [-0.15, -0.1) is 0 Å². The predicted molar refractivity (Wildman–Crippen MR) is 54.1 cm³/mol. The second-order valence-electron chi connectivity index (χ2n) is 3.69. The van der Waals surface area contributed by atoms with E-state index in [0.717, 1.165) is 6.42 Å². The Bertz CT molecular complexity index is 327. The molecule has 0 aliphatic rings. The fourth-order valence-electron chi connectivity index (χ4n) is 1.17. The lowest BCUT2D eigenvalue weighted by Crippen LogP contribution is -2.13. The third kappa shape index (κ3) is 3.34. The van der Waals surface area contributed by atoms with Crippen molar-refractivity contribution in [1.82, 2.24) is 0 Å². The van der Waals surface area contributed by atoms with E-state index in [1.807, 2.05) is 6.92 Å². The number of rotatable bonds is 4. The van der Waals surface area contributed by atoms with Gasteiger partial charge in [-0.05, 0) is 19.3 Å². The number of hydrogen-bond donors (Lipinski definition) is 1. The van der Waals surface area contributed by atoms with Gasteiger partial charge < -0.3 is 9.52 Å². The summed E-state index contributed by atoms with van der Waals surface area (Å²) < 4.78 is 5.16. The Hall–Kier alpha value is -1.09. The lowest BCUT2D eigenvalue weighted by molar-refractivity contribution is 0.129. The second kappa shape index (κ2) is 4.96. The Balaban J connectivity index is 2.50. The number of aliphatic hydroxyl groups excluding tert-OH is 1. The van der Waals surface area contributed by atoms with Gasteiger partial charge in [0.15, 0.2) is 5.43 Å². The minimum atomic E-state index is -0.314. The smallest absolute Gasteiger partial charge is 0.185 e. The number of hydrogen-bond acceptors (Lipinski definition) is 3. The zero-order chi connectivity index (χ0) is 10.6. The van der Waals surface area contributed by atoms with Gasteiger partial charge >= 0.3 is 0 Å². The van der Waals surface area contributed by atoms with Crippen LogP contribution >= 0.6 is 0 Å². The fourth-order valence-corrected chi connectivity index (χ4v) is 1.17. The molecule has 3 heteroatoms. The summed E-state index contributed by atoms with van der Waals surface area (Å²) in [5.41, 5.74) is -0.0315. The maximum absolute atomic E-state index is 11.0. The van der Waals surface area contributed by atoms with Crippen molar-refractivity contribution in [3.63, 3.8) is 0 Å². The molecule has 0 spiro atoms. The predicted octanol–water partition coefficient (Wildman–Crippen LogP) is 1.59. The lowest BCUT2D eigenvalue weighted by Gasteiger charge is -2.13. The van der Waals surface area contributed by atoms with Crippen molar-refractivity contribution in [3.05, 3.63) is 34.4 Å². The molecule has 1 N–H and O–H groups in total. The molecule has 0 radical (unpaired) electrons. The molecular weight excluding hydrogens is 180 g/mol. The molecule has 0 fully saturated rings. The van der Waals surface area contributed by atoms with Gasteiger partial charge in [-0.25, -0.2) is 0 Å². The molecule has 2 atom stereocenters. The molecule has 0 saturated carbocycles. The van der Waals surface area contributed by atoms with Crippen LogP contribution in [-0.4, -0.2) is 11.2 Å². The van der Waals surface area contributed by atoms with Crippen molar-refractivity contribution < 1.29 is 9.52 Å². The summed E-state index contributed by atoms with van der Waals surface area (Å²) in [6, 6.07) is 2.89. The summed E-state index contributed by atoms with van der Waals surface area (Å²) >= 11 is 0. The van der Waals surface area contributed by atoms with E-state index >= 15 is 0 Å². The Labute approximate surface area is 83.4 Å². The Morgan fingerprint density at radius 1 is 1.50 bits per heavy atom. The average molecular weight is 196 g/mol. The van der Waals surface area contributed by atoms with Gasteiger partial charge in [-0.2, -0.15) is 0 Å². The van der Waals surface area contributed by atoms with Crippen molar-refractivity contribution in [3.8, 4) is 0 Å². The Kier molecular flexibility index (Phi) is 3.89. The van der Waals surface area contributed by atoms with Gasteiger partial charge in [0.2, 0.25) is 0 Å². The number of aryl methyl sites for hydroxylation is 1. The van der Waals surface area contributed by atoms with Gasteiger partial charge in [0.05, 0.1) is 12.4 Å². The maximum Gasteiger partial charge on any atom is 0.185 e. The molecule has 1 heterocycles. The van der Waals surface area contributed by atoms with Crippen molar-refractivity contribution in [1.29, 1.82) is 0 Å². The Morgan fingerprint density at radius 2 is 2.21 bits per heavy atom. The number of aliphatic hydroxyl groups is 1. The van der Waals surface area contributed by atoms with Crippen LogP contribution in [-0.2, 0) is 6.42 Å². The molecule has 0 bridgehead atoms. The molecule has 1 aromatic heterocycles. The first-order valence-electron chi connectivity index (χ1n) is 4.85. The minimum absolute atomic E-state index is 0.0315. The average Bonchev–Trinajstić information content (AvgIpc) is 2.14. The van der Waals surface area contributed by atoms with Crippen LogP contribution in [0.1, 0.15) is 26.0 Å². The van der Waals surface area contributed by atoms with Gasteiger partial charge in [0.25, 0.3) is 0 Å². The van der Waals surface area contributed by atoms with E-state index in [1.54, 1.807) is 6.92 Å². The zero-order valence-electron chi connectivity index (χ0n) is 8.56. The van der Waals surface area contributed by atoms with Crippen LogP contribution in [0.2, 0.25) is 0 Å². The summed E-state index contributed by atoms with van der Waals surface area (Å²) in [6.45, 7) is 3.75. The van der Waals surface area contributed by atoms with Crippen LogP contribution in [0.4, 0.5) is 0 Å². The third-order valence-electron chi connectivity index (χ3n) is 2.42. The van der Waals surface area contributed by atoms with Gasteiger partial charge in [-0.1, -0.05) is 6.92 Å². The molecule has 0 aliphatic heterocycles. The SMILES string of the molecule is C[C@@H](O)[C@@H](C)CCc1cc(=O)cco1. The molecule has 3 nitrogen and oxygen atoms in total. The first kappa shape index (κ1) is 11.0. The van der Waals surface area contributed by atoms with Crippen molar-refractivity contribution in [2.24, 2.45) is 5.92 Å². The third-order valence-corrected chi connectivity index (χ3v) is 2.42. The zero-order valence-corrected chi connectivity index (χ0v) is 8.56. The van der Waals surface area contributed by atoms with Gasteiger partial charge in [0.1, 0.15) is 5.76 Å². The first-order chi connectivity index (χ1) is 6.59. The van der Waals surface area contributed by atoms with Crippen LogP contribution in [0.5, 0.6) is 0 Å². The highest BCUT2D eigenvalue weighted by atomic mass is 16.3. The van der Waals surface area contributed by atoms with Crippen molar-refractivity contribution in [2.45, 2.75) is 32.8 Å². The van der Waals surface area contributed by atoms with E-state index in [4.69, 9.17) is 4.42 Å². The fraction of sp³-hybridized carbons (Fsp3) is 0.545. The molecule has 0 aromatic carbocycles. The Morgan fingerprint density at radius 3 is 2.79 bits per heavy atom. The monoisotopic (exact) mass is 196 g/mol. The lowest BCUT2D eigenvalue weighted by atomic mass is 9.99. The highest BCUT2D eigenvalue weighted by Crippen LogP contribution is 2.11. The first-order valence-corrected chi connectivity index (χ1v) is 4.85. The summed E-state index contributed by atoms with van der Waals surface area (Å²) in [4.78, 5) is 11.0. The molecular formula is C11H16O3. The van der Waals surface area contributed by atoms with Crippen LogP contribution < -0.4 is 5.43 Å². The molecule has 0 saturated heterocycles. The molecule has 0 amide bonds. The van der Waals surface area contributed by atoms with Crippen molar-refractivity contribution in [2.75, 3.05) is 0 Å². The second-order valence-corrected chi connectivity index (χ2v) is 3.69. The van der Waals surface area contributed by atoms with E-state index in [2.05, 4.69) is 0 Å². The van der Waals surface area contributed by atoms with Crippen LogP contribution in [0.25, 0.3) is 0 Å². The van der Waals surface area contributed by atoms with E-state index in [9.17, 15) is 9.90 Å². The molecule has 1 aromatic rings. The maximum atomic E-state index is 11.0. The quantitative estimate of drug-likeness (QED) is 0.795. The summed E-state index contributed by atoms with van der Waals surface area (Å²) in [7, 11) is 0. The molecule has 14 heavy (non-hydrogen) atoms. The molecule has 1 rings (SSSR count). The van der Waals surface area contributed by atoms with Crippen LogP contribution in [0.3, 0.4) is 0 Å². The van der Waals surface area contributed by atoms with E-state index in [0.29, 0.717) is 12.2 Å².